The van der Waals surface area contributed by atoms with Gasteiger partial charge in [-0.25, -0.2) is 0 Å². The van der Waals surface area contributed by atoms with Crippen molar-refractivity contribution in [2.24, 2.45) is 52.1 Å². The van der Waals surface area contributed by atoms with Gasteiger partial charge in [-0.05, 0) is 163 Å². The van der Waals surface area contributed by atoms with Gasteiger partial charge < -0.3 is 26.4 Å². The highest BCUT2D eigenvalue weighted by Crippen LogP contribution is 2.68. The van der Waals surface area contributed by atoms with E-state index < -0.39 is 0 Å². The van der Waals surface area contributed by atoms with Crippen molar-refractivity contribution in [3.8, 4) is 0 Å². The van der Waals surface area contributed by atoms with Crippen molar-refractivity contribution in [2.45, 2.75) is 156 Å². The molecule has 45 heavy (non-hydrogen) atoms. The lowest BCUT2D eigenvalue weighted by Gasteiger charge is -2.62. The summed E-state index contributed by atoms with van der Waals surface area (Å²) in [6, 6.07) is 0.616. The number of hydrogen-bond acceptors (Lipinski definition) is 5. The van der Waals surface area contributed by atoms with E-state index in [1.54, 1.807) is 0 Å². The molecule has 6 nitrogen and oxygen atoms in total. The second kappa shape index (κ2) is 17.6. The van der Waals surface area contributed by atoms with Crippen LogP contribution in [0.15, 0.2) is 0 Å². The summed E-state index contributed by atoms with van der Waals surface area (Å²) in [5.74, 6) is 4.04. The topological polar surface area (TPSA) is 90.6 Å². The molecule has 4 rings (SSSR count). The van der Waals surface area contributed by atoms with Crippen LogP contribution in [0.25, 0.3) is 0 Å². The average Bonchev–Trinajstić information content (AvgIpc) is 3.38. The van der Waals surface area contributed by atoms with Crippen LogP contribution in [-0.4, -0.2) is 67.3 Å². The van der Waals surface area contributed by atoms with Gasteiger partial charge in [-0.15, -0.1) is 0 Å². The second-order valence-corrected chi connectivity index (χ2v) is 16.5. The number of nitrogens with one attached hydrogen (secondary N) is 2. The molecular weight excluding hydrogens is 556 g/mol. The molecule has 1 amide bonds. The molecule has 0 saturated heterocycles. The number of nitrogens with two attached hydrogens (primary N) is 1. The van der Waals surface area contributed by atoms with E-state index in [4.69, 9.17) is 5.73 Å². The summed E-state index contributed by atoms with van der Waals surface area (Å²) in [5.41, 5.74) is 6.29. The first-order chi connectivity index (χ1) is 21.7. The Morgan fingerprint density at radius 1 is 0.867 bits per heavy atom. The maximum absolute atomic E-state index is 12.8. The van der Waals surface area contributed by atoms with E-state index in [1.807, 2.05) is 4.90 Å². The normalized spacial score (nSPS) is 36.6. The van der Waals surface area contributed by atoms with Crippen LogP contribution < -0.4 is 16.4 Å². The molecule has 4 aliphatic rings. The van der Waals surface area contributed by atoms with Gasteiger partial charge in [0.25, 0.3) is 0 Å². The Kier molecular flexibility index (Phi) is 14.6. The molecule has 4 saturated carbocycles. The molecule has 0 heterocycles. The highest BCUT2D eigenvalue weighted by molar-refractivity contribution is 5.76. The molecule has 262 valence electrons. The number of aliphatic hydroxyl groups is 1. The van der Waals surface area contributed by atoms with Crippen LogP contribution in [0.3, 0.4) is 0 Å². The van der Waals surface area contributed by atoms with Crippen molar-refractivity contribution in [1.82, 2.24) is 15.5 Å². The van der Waals surface area contributed by atoms with Crippen molar-refractivity contribution < 1.29 is 9.90 Å². The molecule has 0 aromatic heterocycles. The van der Waals surface area contributed by atoms with Gasteiger partial charge in [0.15, 0.2) is 0 Å². The van der Waals surface area contributed by atoms with E-state index in [2.05, 4.69) is 45.3 Å². The zero-order chi connectivity index (χ0) is 32.5. The zero-order valence-corrected chi connectivity index (χ0v) is 30.3. The van der Waals surface area contributed by atoms with Gasteiger partial charge in [0.2, 0.25) is 5.91 Å². The van der Waals surface area contributed by atoms with E-state index in [0.29, 0.717) is 64.7 Å². The number of fused-ring (bicyclic) bond motifs is 5. The molecule has 0 aromatic carbocycles. The first kappa shape index (κ1) is 37.1. The molecule has 10 atom stereocenters. The standard InChI is InChI=1S/C39H74N4O2/c1-6-43(7-2)36(45)18-15-29(3)32-16-17-33-37-34(20-22-39(32,33)5)38(4)21-19-31(27-30(38)28-35(37)44)42-26-14-25-41-24-13-11-9-8-10-12-23-40/h29-35,37,41-42,44H,6-28,40H2,1-5H3/t29-,30?,31+,32-,33?,34?,35-,37?,38+,39-/m1/s1. The quantitative estimate of drug-likeness (QED) is 0.114. The highest BCUT2D eigenvalue weighted by atomic mass is 16.3. The summed E-state index contributed by atoms with van der Waals surface area (Å²) < 4.78 is 0. The summed E-state index contributed by atoms with van der Waals surface area (Å²) in [6.07, 6.45) is 20.6. The van der Waals surface area contributed by atoms with Crippen molar-refractivity contribution in [2.75, 3.05) is 39.3 Å². The third kappa shape index (κ3) is 8.86. The maximum Gasteiger partial charge on any atom is 0.222 e. The molecule has 0 aliphatic heterocycles. The van der Waals surface area contributed by atoms with Gasteiger partial charge in [-0.3, -0.25) is 4.79 Å². The van der Waals surface area contributed by atoms with E-state index in [1.165, 1.54) is 89.9 Å². The van der Waals surface area contributed by atoms with Gasteiger partial charge in [0.1, 0.15) is 0 Å². The molecule has 5 N–H and O–H groups in total. The number of unbranched alkanes of at least 4 members (excludes halogenated alkanes) is 5. The Morgan fingerprint density at radius 3 is 2.27 bits per heavy atom. The number of nitrogens with zero attached hydrogens (tertiary/aromatic N) is 1. The van der Waals surface area contributed by atoms with Crippen LogP contribution in [0.5, 0.6) is 0 Å². The number of aliphatic hydroxyl groups excluding tert-OH is 1. The number of amides is 1. The molecule has 4 unspecified atom stereocenters. The van der Waals surface area contributed by atoms with Crippen LogP contribution in [0, 0.1) is 46.3 Å². The molecular formula is C39H74N4O2. The summed E-state index contributed by atoms with van der Waals surface area (Å²) in [6.45, 7) is 17.6. The first-order valence-corrected chi connectivity index (χ1v) is 19.8. The van der Waals surface area contributed by atoms with Gasteiger partial charge >= 0.3 is 0 Å². The number of rotatable bonds is 19. The number of hydrogen-bond donors (Lipinski definition) is 4. The fourth-order valence-electron chi connectivity index (χ4n) is 11.4. The first-order valence-electron chi connectivity index (χ1n) is 19.8. The van der Waals surface area contributed by atoms with Crippen LogP contribution in [0.2, 0.25) is 0 Å². The Bertz CT molecular complexity index is 881. The second-order valence-electron chi connectivity index (χ2n) is 16.5. The lowest BCUT2D eigenvalue weighted by molar-refractivity contribution is -0.167. The molecule has 4 fully saturated rings. The summed E-state index contributed by atoms with van der Waals surface area (Å²) in [7, 11) is 0. The fourth-order valence-corrected chi connectivity index (χ4v) is 11.4. The van der Waals surface area contributed by atoms with E-state index in [0.717, 1.165) is 52.1 Å². The van der Waals surface area contributed by atoms with Crippen LogP contribution >= 0.6 is 0 Å². The Labute approximate surface area is 278 Å². The van der Waals surface area contributed by atoms with Crippen molar-refractivity contribution >= 4 is 5.91 Å². The largest absolute Gasteiger partial charge is 0.393 e. The van der Waals surface area contributed by atoms with Crippen LogP contribution in [-0.2, 0) is 4.79 Å². The Hall–Kier alpha value is -0.690. The Balaban J connectivity index is 1.21. The average molecular weight is 631 g/mol. The van der Waals surface area contributed by atoms with Crippen LogP contribution in [0.4, 0.5) is 0 Å². The third-order valence-electron chi connectivity index (χ3n) is 14.1. The van der Waals surface area contributed by atoms with E-state index >= 15 is 0 Å². The van der Waals surface area contributed by atoms with Crippen molar-refractivity contribution in [1.29, 1.82) is 0 Å². The van der Waals surface area contributed by atoms with Crippen molar-refractivity contribution in [3.63, 3.8) is 0 Å². The smallest absolute Gasteiger partial charge is 0.222 e. The summed E-state index contributed by atoms with van der Waals surface area (Å²) in [4.78, 5) is 14.7. The van der Waals surface area contributed by atoms with E-state index in [9.17, 15) is 9.90 Å². The fraction of sp³-hybridized carbons (Fsp3) is 0.974. The van der Waals surface area contributed by atoms with Crippen molar-refractivity contribution in [3.05, 3.63) is 0 Å². The molecule has 0 aromatic rings. The number of carbonyl (C=O) groups excluding carboxylic acids is 1. The molecule has 4 aliphatic carbocycles. The SMILES string of the molecule is CCN(CC)C(=O)CC[C@@H](C)[C@H]1CCC2C3C(CC[C@@]21C)[C@@]1(C)CC[C@H](NCCCNCCCCCCCCN)CC1C[C@H]3O. The molecule has 6 heteroatoms. The lowest BCUT2D eigenvalue weighted by Crippen LogP contribution is -2.59. The predicted molar refractivity (Wildman–Crippen MR) is 189 cm³/mol. The van der Waals surface area contributed by atoms with Gasteiger partial charge in [0.05, 0.1) is 6.10 Å². The minimum absolute atomic E-state index is 0.139. The number of carbonyl (C=O) groups is 1. The summed E-state index contributed by atoms with van der Waals surface area (Å²) in [5, 5.41) is 19.4. The van der Waals surface area contributed by atoms with Gasteiger partial charge in [-0.1, -0.05) is 46.5 Å². The zero-order valence-electron chi connectivity index (χ0n) is 30.3. The molecule has 0 bridgehead atoms. The minimum atomic E-state index is -0.139. The third-order valence-corrected chi connectivity index (χ3v) is 14.1. The lowest BCUT2D eigenvalue weighted by atomic mass is 9.43. The van der Waals surface area contributed by atoms with E-state index in [-0.39, 0.29) is 6.10 Å². The van der Waals surface area contributed by atoms with Gasteiger partial charge in [0, 0.05) is 25.6 Å². The predicted octanol–water partition coefficient (Wildman–Crippen LogP) is 7.14. The van der Waals surface area contributed by atoms with Gasteiger partial charge in [-0.2, -0.15) is 0 Å². The highest BCUT2D eigenvalue weighted by Gasteiger charge is 2.62. The monoisotopic (exact) mass is 631 g/mol. The molecule has 0 radical (unpaired) electrons. The minimum Gasteiger partial charge on any atom is -0.393 e. The summed E-state index contributed by atoms with van der Waals surface area (Å²) >= 11 is 0. The Morgan fingerprint density at radius 2 is 1.53 bits per heavy atom. The van der Waals surface area contributed by atoms with Crippen LogP contribution in [0.1, 0.15) is 144 Å². The molecule has 0 spiro atoms. The maximum atomic E-state index is 12.8.